The Balaban J connectivity index is 1.09. The summed E-state index contributed by atoms with van der Waals surface area (Å²) in [6.07, 6.45) is 0. The third-order valence-corrected chi connectivity index (χ3v) is 19.7. The van der Waals surface area contributed by atoms with Crippen LogP contribution in [0.5, 0.6) is 0 Å². The van der Waals surface area contributed by atoms with Gasteiger partial charge < -0.3 is 4.57 Å². The second kappa shape index (κ2) is 19.7. The number of fused-ring (bicyclic) bond motifs is 3. The summed E-state index contributed by atoms with van der Waals surface area (Å²) in [6.45, 7) is 4.28. The van der Waals surface area contributed by atoms with Crippen molar-refractivity contribution in [3.8, 4) is 73.2 Å². The highest BCUT2D eigenvalue weighted by molar-refractivity contribution is 7.19. The van der Waals surface area contributed by atoms with Crippen molar-refractivity contribution in [2.24, 2.45) is 0 Å². The summed E-state index contributed by atoms with van der Waals surface area (Å²) >= 11 is 0. The number of hydrogen-bond acceptors (Lipinski definition) is 3. The molecule has 13 rings (SSSR count). The minimum Gasteiger partial charge on any atom is -0.308 e. The minimum atomic E-state index is -2.85. The second-order valence-corrected chi connectivity index (χ2v) is 23.5. The Morgan fingerprint density at radius 2 is 0.632 bits per heavy atom. The smallest absolute Gasteiger partial charge is 0.179 e. The summed E-state index contributed by atoms with van der Waals surface area (Å²) in [7, 11) is -2.85. The fraction of sp³-hybridized carbons (Fsp3) is 0.0282. The predicted octanol–water partition coefficient (Wildman–Crippen LogP) is 15.0. The fourth-order valence-corrected chi connectivity index (χ4v) is 15.9. The van der Waals surface area contributed by atoms with Crippen LogP contribution in [0.4, 0.5) is 0 Å². The number of aromatic nitrogens is 4. The highest BCUT2D eigenvalue weighted by Gasteiger charge is 2.41. The van der Waals surface area contributed by atoms with Crippen molar-refractivity contribution in [1.29, 1.82) is 0 Å². The van der Waals surface area contributed by atoms with E-state index in [1.54, 1.807) is 0 Å². The maximum Gasteiger partial charge on any atom is 0.179 e. The molecule has 0 fully saturated rings. The third kappa shape index (κ3) is 8.43. The molecule has 0 atom stereocenters. The van der Waals surface area contributed by atoms with Gasteiger partial charge in [0.2, 0.25) is 0 Å². The first-order chi connectivity index (χ1) is 37.5. The van der Waals surface area contributed by atoms with Crippen molar-refractivity contribution in [2.75, 3.05) is 0 Å². The zero-order chi connectivity index (χ0) is 51.0. The number of aryl methyl sites for hydroxylation is 2. The van der Waals surface area contributed by atoms with Crippen LogP contribution in [-0.4, -0.2) is 27.6 Å². The highest BCUT2D eigenvalue weighted by atomic mass is 28.3. The van der Waals surface area contributed by atoms with E-state index >= 15 is 0 Å². The Labute approximate surface area is 445 Å². The SMILES string of the molecule is Cc1ccc(-c2ccc3c(c2)c2cc(-c4ccc(C)cc4)ccc2n3-c2cc(-c3cccc([Si](c4ccccc4)(c4ccccc4)c4ccccc4)c3)ccc2-c2nc(-c3ccccc3)nc(-c3ccccc3)n2)cc1. The molecule has 0 bridgehead atoms. The first kappa shape index (κ1) is 46.2. The standard InChI is InChI=1S/C71H52N4Si/c1-49-31-35-51(36-32-49)56-40-43-66-64(46-56)65-47-57(52-37-33-50(2)34-38-52)41-44-67(65)75(66)68-48-58(39-42-63(68)71-73-69(53-19-8-3-9-20-53)72-70(74-71)54-21-10-4-11-22-54)55-23-18-30-62(45-55)76(59-24-12-5-13-25-59,60-26-14-6-15-27-60)61-28-16-7-17-29-61/h3-48H,1-2H3. The molecule has 13 aromatic rings. The van der Waals surface area contributed by atoms with Crippen molar-refractivity contribution >= 4 is 50.6 Å². The summed E-state index contributed by atoms with van der Waals surface area (Å²) in [4.78, 5) is 15.9. The topological polar surface area (TPSA) is 43.6 Å². The number of benzene rings is 11. The van der Waals surface area contributed by atoms with Crippen LogP contribution in [0.3, 0.4) is 0 Å². The van der Waals surface area contributed by atoms with Gasteiger partial charge in [0.15, 0.2) is 25.5 Å². The summed E-state index contributed by atoms with van der Waals surface area (Å²) in [5.41, 5.74) is 15.2. The largest absolute Gasteiger partial charge is 0.308 e. The number of rotatable bonds is 11. The molecule has 0 radical (unpaired) electrons. The maximum absolute atomic E-state index is 5.37. The lowest BCUT2D eigenvalue weighted by atomic mass is 9.99. The normalized spacial score (nSPS) is 11.6. The maximum atomic E-state index is 5.37. The van der Waals surface area contributed by atoms with Gasteiger partial charge in [-0.3, -0.25) is 0 Å². The van der Waals surface area contributed by atoms with Crippen LogP contribution in [0.15, 0.2) is 279 Å². The van der Waals surface area contributed by atoms with Crippen molar-refractivity contribution in [3.05, 3.63) is 290 Å². The molecule has 0 aliphatic rings. The quantitative estimate of drug-likeness (QED) is 0.0958. The highest BCUT2D eigenvalue weighted by Crippen LogP contribution is 2.41. The van der Waals surface area contributed by atoms with Crippen molar-refractivity contribution < 1.29 is 0 Å². The van der Waals surface area contributed by atoms with E-state index in [9.17, 15) is 0 Å². The monoisotopic (exact) mass is 988 g/mol. The van der Waals surface area contributed by atoms with Gasteiger partial charge in [-0.05, 0) is 104 Å². The molecule has 0 aliphatic heterocycles. The zero-order valence-corrected chi connectivity index (χ0v) is 43.3. The van der Waals surface area contributed by atoms with E-state index in [-0.39, 0.29) is 0 Å². The van der Waals surface area contributed by atoms with Crippen LogP contribution in [0, 0.1) is 13.8 Å². The van der Waals surface area contributed by atoms with Gasteiger partial charge in [0.1, 0.15) is 0 Å². The molecule has 76 heavy (non-hydrogen) atoms. The second-order valence-electron chi connectivity index (χ2n) is 19.7. The molecular weight excluding hydrogens is 937 g/mol. The first-order valence-electron chi connectivity index (χ1n) is 26.0. The van der Waals surface area contributed by atoms with Crippen LogP contribution < -0.4 is 20.7 Å². The Morgan fingerprint density at radius 3 is 1.09 bits per heavy atom. The minimum absolute atomic E-state index is 0.592. The van der Waals surface area contributed by atoms with Crippen LogP contribution in [0.2, 0.25) is 0 Å². The molecule has 0 aliphatic carbocycles. The Kier molecular flexibility index (Phi) is 12.0. The van der Waals surface area contributed by atoms with E-state index in [0.29, 0.717) is 17.5 Å². The van der Waals surface area contributed by atoms with Crippen LogP contribution >= 0.6 is 0 Å². The molecule has 5 heteroatoms. The average molecular weight is 989 g/mol. The van der Waals surface area contributed by atoms with Gasteiger partial charge in [0.05, 0.1) is 16.7 Å². The fourth-order valence-electron chi connectivity index (χ4n) is 11.1. The molecule has 0 spiro atoms. The molecule has 2 heterocycles. The molecule has 2 aromatic heterocycles. The van der Waals surface area contributed by atoms with E-state index in [1.165, 1.54) is 54.1 Å². The predicted molar refractivity (Wildman–Crippen MR) is 320 cm³/mol. The lowest BCUT2D eigenvalue weighted by molar-refractivity contribution is 1.06. The van der Waals surface area contributed by atoms with Crippen molar-refractivity contribution in [2.45, 2.75) is 13.8 Å². The summed E-state index contributed by atoms with van der Waals surface area (Å²) in [5, 5.41) is 7.63. The molecule has 0 amide bonds. The molecule has 11 aromatic carbocycles. The van der Waals surface area contributed by atoms with Crippen molar-refractivity contribution in [3.63, 3.8) is 0 Å². The lowest BCUT2D eigenvalue weighted by Crippen LogP contribution is -2.74. The van der Waals surface area contributed by atoms with E-state index in [2.05, 4.69) is 261 Å². The summed E-state index contributed by atoms with van der Waals surface area (Å²) in [6, 6.07) is 102. The van der Waals surface area contributed by atoms with E-state index in [0.717, 1.165) is 55.3 Å². The van der Waals surface area contributed by atoms with Gasteiger partial charge in [0.25, 0.3) is 0 Å². The van der Waals surface area contributed by atoms with Crippen LogP contribution in [0.25, 0.3) is 95.0 Å². The Morgan fingerprint density at radius 1 is 0.276 bits per heavy atom. The third-order valence-electron chi connectivity index (χ3n) is 15.0. The van der Waals surface area contributed by atoms with Gasteiger partial charge >= 0.3 is 0 Å². The van der Waals surface area contributed by atoms with E-state index in [4.69, 9.17) is 15.0 Å². The Bertz CT molecular complexity index is 3940. The van der Waals surface area contributed by atoms with E-state index < -0.39 is 8.07 Å². The van der Waals surface area contributed by atoms with Gasteiger partial charge in [-0.25, -0.2) is 15.0 Å². The molecule has 0 unspecified atom stereocenters. The van der Waals surface area contributed by atoms with Crippen LogP contribution in [-0.2, 0) is 0 Å². The molecular formula is C71H52N4Si. The van der Waals surface area contributed by atoms with Crippen molar-refractivity contribution in [1.82, 2.24) is 19.5 Å². The lowest BCUT2D eigenvalue weighted by Gasteiger charge is -2.34. The molecule has 0 N–H and O–H groups in total. The van der Waals surface area contributed by atoms with Gasteiger partial charge in [0, 0.05) is 27.5 Å². The molecule has 0 saturated carbocycles. The molecule has 0 saturated heterocycles. The van der Waals surface area contributed by atoms with Gasteiger partial charge in [-0.15, -0.1) is 0 Å². The zero-order valence-electron chi connectivity index (χ0n) is 42.3. The number of nitrogens with zero attached hydrogens (tertiary/aromatic N) is 4. The van der Waals surface area contributed by atoms with E-state index in [1.807, 2.05) is 36.4 Å². The van der Waals surface area contributed by atoms with Gasteiger partial charge in [-0.2, -0.15) is 0 Å². The first-order valence-corrected chi connectivity index (χ1v) is 28.0. The summed E-state index contributed by atoms with van der Waals surface area (Å²) < 4.78 is 2.44. The number of hydrogen-bond donors (Lipinski definition) is 0. The van der Waals surface area contributed by atoms with Gasteiger partial charge in [-0.1, -0.05) is 254 Å². The molecule has 360 valence electrons. The average Bonchev–Trinajstić information content (AvgIpc) is 3.97. The molecule has 4 nitrogen and oxygen atoms in total. The van der Waals surface area contributed by atoms with Crippen LogP contribution in [0.1, 0.15) is 11.1 Å². The Hall–Kier alpha value is -9.55. The summed E-state index contributed by atoms with van der Waals surface area (Å²) in [5.74, 6) is 1.82.